The first kappa shape index (κ1) is 22.2. The molecule has 3 amide bonds. The van der Waals surface area contributed by atoms with E-state index < -0.39 is 0 Å². The second-order valence-corrected chi connectivity index (χ2v) is 8.72. The monoisotopic (exact) mass is 510 g/mol. The lowest BCUT2D eigenvalue weighted by molar-refractivity contribution is 0.0651. The van der Waals surface area contributed by atoms with Gasteiger partial charge in [-0.25, -0.2) is 0 Å². The van der Waals surface area contributed by atoms with E-state index in [1.54, 1.807) is 59.5 Å². The topological polar surface area (TPSA) is 57.7 Å². The van der Waals surface area contributed by atoms with E-state index in [1.165, 1.54) is 4.90 Å². The Hall–Kier alpha value is -2.96. The number of anilines is 1. The Balaban J connectivity index is 1.45. The van der Waals surface area contributed by atoms with Crippen molar-refractivity contribution >= 4 is 50.9 Å². The highest BCUT2D eigenvalue weighted by Gasteiger charge is 2.34. The minimum absolute atomic E-state index is 0.138. The number of halogens is 2. The van der Waals surface area contributed by atoms with Crippen LogP contribution in [0.4, 0.5) is 5.69 Å². The van der Waals surface area contributed by atoms with Crippen LogP contribution in [0.1, 0.15) is 43.9 Å². The molecule has 0 spiro atoms. The highest BCUT2D eigenvalue weighted by atomic mass is 79.9. The van der Waals surface area contributed by atoms with Gasteiger partial charge in [0.15, 0.2) is 0 Å². The molecule has 4 rings (SSSR count). The fraction of sp³-hybridized carbons (Fsp3) is 0.160. The van der Waals surface area contributed by atoms with E-state index in [4.69, 9.17) is 11.6 Å². The molecule has 1 aliphatic heterocycles. The van der Waals surface area contributed by atoms with Crippen molar-refractivity contribution in [3.8, 4) is 0 Å². The molecule has 0 N–H and O–H groups in total. The quantitative estimate of drug-likeness (QED) is 0.296. The number of hydrogen-bond acceptors (Lipinski definition) is 3. The Kier molecular flexibility index (Phi) is 6.72. The van der Waals surface area contributed by atoms with E-state index in [9.17, 15) is 14.4 Å². The number of fused-ring (bicyclic) bond motifs is 1. The number of rotatable bonds is 7. The third-order valence-electron chi connectivity index (χ3n) is 5.38. The molecule has 5 nitrogen and oxygen atoms in total. The van der Waals surface area contributed by atoms with E-state index >= 15 is 0 Å². The van der Waals surface area contributed by atoms with Crippen molar-refractivity contribution in [1.82, 2.24) is 4.90 Å². The van der Waals surface area contributed by atoms with Crippen LogP contribution in [0.15, 0.2) is 77.3 Å². The van der Waals surface area contributed by atoms with Gasteiger partial charge in [0.25, 0.3) is 17.7 Å². The lowest BCUT2D eigenvalue weighted by atomic mass is 10.1. The summed E-state index contributed by atoms with van der Waals surface area (Å²) in [5, 5.41) is 0.590. The van der Waals surface area contributed by atoms with Crippen molar-refractivity contribution in [1.29, 1.82) is 0 Å². The van der Waals surface area contributed by atoms with Gasteiger partial charge in [-0.2, -0.15) is 0 Å². The van der Waals surface area contributed by atoms with Crippen LogP contribution in [0.25, 0.3) is 0 Å². The molecule has 0 radical (unpaired) electrons. The van der Waals surface area contributed by atoms with E-state index in [0.717, 1.165) is 10.2 Å². The summed E-state index contributed by atoms with van der Waals surface area (Å²) in [6.07, 6.45) is 1.20. The average molecular weight is 512 g/mol. The summed E-state index contributed by atoms with van der Waals surface area (Å²) < 4.78 is 0.718. The first-order valence-electron chi connectivity index (χ1n) is 10.2. The van der Waals surface area contributed by atoms with Gasteiger partial charge in [0, 0.05) is 28.3 Å². The van der Waals surface area contributed by atoms with Gasteiger partial charge in [0.05, 0.1) is 16.7 Å². The van der Waals surface area contributed by atoms with Crippen molar-refractivity contribution in [2.45, 2.75) is 12.8 Å². The number of unbranched alkanes of at least 4 members (excludes halogenated alkanes) is 1. The molecule has 0 fully saturated rings. The van der Waals surface area contributed by atoms with Crippen molar-refractivity contribution < 1.29 is 14.4 Å². The van der Waals surface area contributed by atoms with Gasteiger partial charge in [-0.3, -0.25) is 19.3 Å². The predicted octanol–water partition coefficient (Wildman–Crippen LogP) is 5.83. The zero-order valence-electron chi connectivity index (χ0n) is 17.1. The molecule has 162 valence electrons. The zero-order chi connectivity index (χ0) is 22.7. The molecule has 0 unspecified atom stereocenters. The van der Waals surface area contributed by atoms with Crippen molar-refractivity contribution in [3.63, 3.8) is 0 Å². The van der Waals surface area contributed by atoms with Crippen molar-refractivity contribution in [3.05, 3.63) is 99.0 Å². The van der Waals surface area contributed by atoms with Gasteiger partial charge >= 0.3 is 0 Å². The Morgan fingerprint density at radius 3 is 2.06 bits per heavy atom. The van der Waals surface area contributed by atoms with Gasteiger partial charge in [-0.1, -0.05) is 35.9 Å². The maximum absolute atomic E-state index is 13.3. The Labute approximate surface area is 199 Å². The third-order valence-corrected chi connectivity index (χ3v) is 6.32. The molecular weight excluding hydrogens is 492 g/mol. The van der Waals surface area contributed by atoms with E-state index in [2.05, 4.69) is 15.9 Å². The van der Waals surface area contributed by atoms with Crippen LogP contribution in [0.2, 0.25) is 5.02 Å². The molecule has 0 aliphatic carbocycles. The van der Waals surface area contributed by atoms with E-state index in [-0.39, 0.29) is 17.7 Å². The first-order valence-corrected chi connectivity index (χ1v) is 11.4. The second-order valence-electron chi connectivity index (χ2n) is 7.43. The van der Waals surface area contributed by atoms with Gasteiger partial charge in [-0.05, 0) is 77.3 Å². The number of benzene rings is 3. The number of carbonyl (C=O) groups excluding carboxylic acids is 3. The van der Waals surface area contributed by atoms with Crippen LogP contribution < -0.4 is 4.90 Å². The molecular formula is C25H20BrClN2O3. The van der Waals surface area contributed by atoms with Crippen LogP contribution in [-0.4, -0.2) is 35.7 Å². The maximum Gasteiger partial charge on any atom is 0.261 e. The number of imide groups is 1. The smallest absolute Gasteiger partial charge is 0.261 e. The van der Waals surface area contributed by atoms with Crippen LogP contribution in [-0.2, 0) is 0 Å². The molecule has 0 saturated heterocycles. The summed E-state index contributed by atoms with van der Waals surface area (Å²) in [6, 6.07) is 21.2. The highest BCUT2D eigenvalue weighted by molar-refractivity contribution is 9.10. The summed E-state index contributed by atoms with van der Waals surface area (Å²) >= 11 is 9.48. The molecule has 1 aliphatic rings. The van der Waals surface area contributed by atoms with Gasteiger partial charge in [0.1, 0.15) is 0 Å². The highest BCUT2D eigenvalue weighted by Crippen LogP contribution is 2.25. The van der Waals surface area contributed by atoms with E-state index in [0.29, 0.717) is 47.6 Å². The molecule has 32 heavy (non-hydrogen) atoms. The molecule has 0 atom stereocenters. The fourth-order valence-corrected chi connectivity index (χ4v) is 4.31. The number of hydrogen-bond donors (Lipinski definition) is 0. The van der Waals surface area contributed by atoms with Gasteiger partial charge in [0.2, 0.25) is 0 Å². The Bertz CT molecular complexity index is 1140. The van der Waals surface area contributed by atoms with Gasteiger partial charge < -0.3 is 4.90 Å². The Morgan fingerprint density at radius 1 is 0.844 bits per heavy atom. The number of amides is 3. The van der Waals surface area contributed by atoms with Crippen LogP contribution in [0.3, 0.4) is 0 Å². The fourth-order valence-electron chi connectivity index (χ4n) is 3.73. The predicted molar refractivity (Wildman–Crippen MR) is 128 cm³/mol. The standard InChI is InChI=1S/C25H20BrClN2O3/c26-22-10-4-3-9-21(22)25(32)28(18-13-11-17(27)12-14-18)15-5-6-16-29-23(30)19-7-1-2-8-20(19)24(29)31/h1-4,7-14H,5-6,15-16H2. The summed E-state index contributed by atoms with van der Waals surface area (Å²) in [6.45, 7) is 0.745. The van der Waals surface area contributed by atoms with E-state index in [1.807, 2.05) is 18.2 Å². The Morgan fingerprint density at radius 2 is 1.44 bits per heavy atom. The molecule has 0 bridgehead atoms. The summed E-state index contributed by atoms with van der Waals surface area (Å²) in [7, 11) is 0. The minimum Gasteiger partial charge on any atom is -0.308 e. The summed E-state index contributed by atoms with van der Waals surface area (Å²) in [5.74, 6) is -0.658. The minimum atomic E-state index is -0.260. The molecule has 1 heterocycles. The molecule has 0 saturated carbocycles. The maximum atomic E-state index is 13.3. The molecule has 0 aromatic heterocycles. The number of nitrogens with zero attached hydrogens (tertiary/aromatic N) is 2. The van der Waals surface area contributed by atoms with Crippen molar-refractivity contribution in [2.75, 3.05) is 18.0 Å². The average Bonchev–Trinajstić information content (AvgIpc) is 3.05. The lowest BCUT2D eigenvalue weighted by Crippen LogP contribution is -2.34. The third kappa shape index (κ3) is 4.47. The van der Waals surface area contributed by atoms with Crippen LogP contribution in [0.5, 0.6) is 0 Å². The molecule has 3 aromatic carbocycles. The van der Waals surface area contributed by atoms with Gasteiger partial charge in [-0.15, -0.1) is 0 Å². The van der Waals surface area contributed by atoms with Crippen LogP contribution >= 0.6 is 27.5 Å². The summed E-state index contributed by atoms with van der Waals surface area (Å²) in [5.41, 5.74) is 2.19. The lowest BCUT2D eigenvalue weighted by Gasteiger charge is -2.24. The van der Waals surface area contributed by atoms with Crippen LogP contribution in [0, 0.1) is 0 Å². The normalized spacial score (nSPS) is 12.8. The van der Waals surface area contributed by atoms with Crippen molar-refractivity contribution in [2.24, 2.45) is 0 Å². The zero-order valence-corrected chi connectivity index (χ0v) is 19.5. The largest absolute Gasteiger partial charge is 0.308 e. The SMILES string of the molecule is O=C1c2ccccc2C(=O)N1CCCCN(C(=O)c1ccccc1Br)c1ccc(Cl)cc1. The summed E-state index contributed by atoms with van der Waals surface area (Å²) in [4.78, 5) is 41.4. The molecule has 3 aromatic rings. The second kappa shape index (κ2) is 9.67. The number of carbonyl (C=O) groups is 3. The first-order chi connectivity index (χ1) is 15.5. The molecule has 7 heteroatoms.